The van der Waals surface area contributed by atoms with Crippen molar-refractivity contribution in [1.82, 2.24) is 24.7 Å². The largest absolute Gasteiger partial charge is 0.377 e. The standard InChI is InChI=1S/C15H16N6O/c1-2-16-14-4-13(18-9-19-14)10-3-11-6-20-21(12-7-22-8-12)15(11)17-5-10/h3-6,9,12H,2,7-8H2,1H3,(H,16,18,19). The summed E-state index contributed by atoms with van der Waals surface area (Å²) in [5.41, 5.74) is 2.69. The number of pyridine rings is 1. The summed E-state index contributed by atoms with van der Waals surface area (Å²) in [6.45, 7) is 4.27. The average Bonchev–Trinajstić information content (AvgIpc) is 2.89. The Bertz CT molecular complexity index is 811. The predicted molar refractivity (Wildman–Crippen MR) is 82.6 cm³/mol. The molecule has 0 bridgehead atoms. The third-order valence-corrected chi connectivity index (χ3v) is 3.72. The van der Waals surface area contributed by atoms with E-state index in [2.05, 4.69) is 31.4 Å². The number of anilines is 1. The van der Waals surface area contributed by atoms with Gasteiger partial charge in [0.1, 0.15) is 18.2 Å². The van der Waals surface area contributed by atoms with E-state index < -0.39 is 0 Å². The molecule has 1 fully saturated rings. The summed E-state index contributed by atoms with van der Waals surface area (Å²) in [5.74, 6) is 0.815. The van der Waals surface area contributed by atoms with Crippen LogP contribution in [0, 0.1) is 0 Å². The van der Waals surface area contributed by atoms with Gasteiger partial charge < -0.3 is 10.1 Å². The molecular formula is C15H16N6O. The molecule has 0 unspecified atom stereocenters. The van der Waals surface area contributed by atoms with Crippen LogP contribution in [0.3, 0.4) is 0 Å². The fourth-order valence-electron chi connectivity index (χ4n) is 2.50. The maximum atomic E-state index is 5.22. The molecule has 0 amide bonds. The summed E-state index contributed by atoms with van der Waals surface area (Å²) in [6.07, 6.45) is 5.24. The van der Waals surface area contributed by atoms with E-state index >= 15 is 0 Å². The zero-order valence-electron chi connectivity index (χ0n) is 12.2. The van der Waals surface area contributed by atoms with Gasteiger partial charge in [-0.15, -0.1) is 0 Å². The maximum Gasteiger partial charge on any atom is 0.158 e. The third kappa shape index (κ3) is 2.19. The van der Waals surface area contributed by atoms with Crippen LogP contribution in [-0.4, -0.2) is 44.5 Å². The lowest BCUT2D eigenvalue weighted by Gasteiger charge is -2.26. The van der Waals surface area contributed by atoms with Gasteiger partial charge in [-0.3, -0.25) is 0 Å². The molecule has 0 spiro atoms. The molecule has 0 saturated carbocycles. The fraction of sp³-hybridized carbons (Fsp3) is 0.333. The first-order chi connectivity index (χ1) is 10.8. The number of aromatic nitrogens is 5. The summed E-state index contributed by atoms with van der Waals surface area (Å²) >= 11 is 0. The summed E-state index contributed by atoms with van der Waals surface area (Å²) in [4.78, 5) is 13.1. The number of ether oxygens (including phenoxy) is 1. The molecule has 22 heavy (non-hydrogen) atoms. The van der Waals surface area contributed by atoms with Crippen LogP contribution in [0.5, 0.6) is 0 Å². The van der Waals surface area contributed by atoms with Crippen LogP contribution in [0.2, 0.25) is 0 Å². The second-order valence-corrected chi connectivity index (χ2v) is 5.24. The van der Waals surface area contributed by atoms with E-state index in [1.165, 1.54) is 0 Å². The Kier molecular flexibility index (Phi) is 3.19. The van der Waals surface area contributed by atoms with Gasteiger partial charge in [0.05, 0.1) is 25.1 Å². The van der Waals surface area contributed by atoms with Crippen LogP contribution < -0.4 is 5.32 Å². The Hall–Kier alpha value is -2.54. The minimum Gasteiger partial charge on any atom is -0.377 e. The number of fused-ring (bicyclic) bond motifs is 1. The van der Waals surface area contributed by atoms with Crippen LogP contribution in [0.25, 0.3) is 22.3 Å². The molecule has 0 atom stereocenters. The van der Waals surface area contributed by atoms with Gasteiger partial charge in [-0.05, 0) is 13.0 Å². The van der Waals surface area contributed by atoms with Gasteiger partial charge in [0.15, 0.2) is 5.65 Å². The molecule has 4 rings (SSSR count). The Balaban J connectivity index is 1.72. The van der Waals surface area contributed by atoms with Gasteiger partial charge in [0, 0.05) is 29.8 Å². The van der Waals surface area contributed by atoms with E-state index in [0.717, 1.165) is 34.7 Å². The number of rotatable bonds is 4. The van der Waals surface area contributed by atoms with Crippen molar-refractivity contribution in [2.45, 2.75) is 13.0 Å². The average molecular weight is 296 g/mol. The quantitative estimate of drug-likeness (QED) is 0.792. The molecule has 7 nitrogen and oxygen atoms in total. The summed E-state index contributed by atoms with van der Waals surface area (Å²) in [7, 11) is 0. The Labute approximate surface area is 127 Å². The SMILES string of the molecule is CCNc1cc(-c2cnc3c(cnn3C3COC3)c2)ncn1. The van der Waals surface area contributed by atoms with Crippen molar-refractivity contribution in [3.05, 3.63) is 30.9 Å². The van der Waals surface area contributed by atoms with Gasteiger partial charge >= 0.3 is 0 Å². The zero-order chi connectivity index (χ0) is 14.9. The first-order valence-corrected chi connectivity index (χ1v) is 7.32. The lowest BCUT2D eigenvalue weighted by molar-refractivity contribution is -0.0269. The van der Waals surface area contributed by atoms with Crippen LogP contribution in [-0.2, 0) is 4.74 Å². The fourth-order valence-corrected chi connectivity index (χ4v) is 2.50. The van der Waals surface area contributed by atoms with Crippen molar-refractivity contribution in [1.29, 1.82) is 0 Å². The minimum atomic E-state index is 0.301. The smallest absolute Gasteiger partial charge is 0.158 e. The van der Waals surface area contributed by atoms with E-state index in [1.54, 1.807) is 6.33 Å². The molecule has 1 aliphatic heterocycles. The van der Waals surface area contributed by atoms with Crippen molar-refractivity contribution >= 4 is 16.9 Å². The Morgan fingerprint density at radius 1 is 1.23 bits per heavy atom. The number of hydrogen-bond acceptors (Lipinski definition) is 6. The van der Waals surface area contributed by atoms with E-state index in [1.807, 2.05) is 30.1 Å². The second kappa shape index (κ2) is 5.34. The van der Waals surface area contributed by atoms with E-state index in [0.29, 0.717) is 19.3 Å². The minimum absolute atomic E-state index is 0.301. The maximum absolute atomic E-state index is 5.22. The van der Waals surface area contributed by atoms with Crippen LogP contribution in [0.4, 0.5) is 5.82 Å². The van der Waals surface area contributed by atoms with Gasteiger partial charge in [0.25, 0.3) is 0 Å². The second-order valence-electron chi connectivity index (χ2n) is 5.24. The summed E-state index contributed by atoms with van der Waals surface area (Å²) in [5, 5.41) is 8.62. The Morgan fingerprint density at radius 2 is 2.14 bits per heavy atom. The van der Waals surface area contributed by atoms with Crippen molar-refractivity contribution in [2.75, 3.05) is 25.1 Å². The summed E-state index contributed by atoms with van der Waals surface area (Å²) < 4.78 is 7.16. The molecular weight excluding hydrogens is 280 g/mol. The third-order valence-electron chi connectivity index (χ3n) is 3.72. The molecule has 0 radical (unpaired) electrons. The lowest BCUT2D eigenvalue weighted by atomic mass is 10.1. The topological polar surface area (TPSA) is 77.8 Å². The Morgan fingerprint density at radius 3 is 2.91 bits per heavy atom. The highest BCUT2D eigenvalue weighted by Crippen LogP contribution is 2.25. The molecule has 1 aliphatic rings. The monoisotopic (exact) mass is 296 g/mol. The highest BCUT2D eigenvalue weighted by molar-refractivity contribution is 5.80. The van der Waals surface area contributed by atoms with Crippen molar-refractivity contribution < 1.29 is 4.74 Å². The zero-order valence-corrected chi connectivity index (χ0v) is 12.2. The van der Waals surface area contributed by atoms with Crippen molar-refractivity contribution in [2.24, 2.45) is 0 Å². The van der Waals surface area contributed by atoms with E-state index in [-0.39, 0.29) is 0 Å². The predicted octanol–water partition coefficient (Wildman–Crippen LogP) is 1.89. The number of nitrogens with zero attached hydrogens (tertiary/aromatic N) is 5. The number of nitrogens with one attached hydrogen (secondary N) is 1. The molecule has 1 saturated heterocycles. The summed E-state index contributed by atoms with van der Waals surface area (Å²) in [6, 6.07) is 4.29. The molecule has 3 aromatic rings. The normalized spacial score (nSPS) is 15.0. The molecule has 1 N–H and O–H groups in total. The van der Waals surface area contributed by atoms with Crippen LogP contribution in [0.15, 0.2) is 30.9 Å². The molecule has 0 aliphatic carbocycles. The highest BCUT2D eigenvalue weighted by atomic mass is 16.5. The van der Waals surface area contributed by atoms with E-state index in [9.17, 15) is 0 Å². The van der Waals surface area contributed by atoms with E-state index in [4.69, 9.17) is 4.74 Å². The highest BCUT2D eigenvalue weighted by Gasteiger charge is 2.23. The van der Waals surface area contributed by atoms with Gasteiger partial charge in [-0.2, -0.15) is 5.10 Å². The number of hydrogen-bond donors (Lipinski definition) is 1. The molecule has 0 aromatic carbocycles. The van der Waals surface area contributed by atoms with Crippen molar-refractivity contribution in [3.63, 3.8) is 0 Å². The van der Waals surface area contributed by atoms with Gasteiger partial charge in [-0.1, -0.05) is 0 Å². The van der Waals surface area contributed by atoms with Crippen LogP contribution >= 0.6 is 0 Å². The van der Waals surface area contributed by atoms with Gasteiger partial charge in [0.2, 0.25) is 0 Å². The molecule has 112 valence electrons. The molecule has 3 aromatic heterocycles. The lowest BCUT2D eigenvalue weighted by Crippen LogP contribution is -2.31. The molecule has 4 heterocycles. The van der Waals surface area contributed by atoms with Gasteiger partial charge in [-0.25, -0.2) is 19.6 Å². The first-order valence-electron chi connectivity index (χ1n) is 7.32. The first kappa shape index (κ1) is 13.1. The van der Waals surface area contributed by atoms with Crippen molar-refractivity contribution in [3.8, 4) is 11.3 Å². The van der Waals surface area contributed by atoms with Crippen LogP contribution in [0.1, 0.15) is 13.0 Å². The molecule has 7 heteroatoms.